The van der Waals surface area contributed by atoms with Crippen molar-refractivity contribution < 1.29 is 14.3 Å². The third kappa shape index (κ3) is 3.73. The van der Waals surface area contributed by atoms with E-state index in [0.29, 0.717) is 16.5 Å². The minimum Gasteiger partial charge on any atom is -0.495 e. The highest BCUT2D eigenvalue weighted by atomic mass is 35.5. The van der Waals surface area contributed by atoms with E-state index < -0.39 is 0 Å². The van der Waals surface area contributed by atoms with E-state index in [1.807, 2.05) is 30.3 Å². The lowest BCUT2D eigenvalue weighted by Crippen LogP contribution is -2.33. The molecule has 1 N–H and O–H groups in total. The first-order valence-corrected chi connectivity index (χ1v) is 8.57. The Bertz CT molecular complexity index is 879. The molecular formula is C20H19ClN2O3. The maximum Gasteiger partial charge on any atom is 0.226 e. The highest BCUT2D eigenvalue weighted by Crippen LogP contribution is 2.33. The van der Waals surface area contributed by atoms with Crippen LogP contribution in [-0.2, 0) is 9.59 Å². The molecule has 0 bridgehead atoms. The summed E-state index contributed by atoms with van der Waals surface area (Å²) in [6.45, 7) is 1.49. The Kier molecular flexibility index (Phi) is 5.28. The molecule has 6 heteroatoms. The summed E-state index contributed by atoms with van der Waals surface area (Å²) in [5, 5.41) is 3.25. The number of fused-ring (bicyclic) bond motifs is 1. The standard InChI is InChI=1S/C20H19ClN2O3/c1-13(24)23-10-9-14-5-3-4-6-16(14)18(23)12-20(25)22-15-7-8-19(26-2)17(21)11-15/h3-11,18H,12H2,1-2H3,(H,22,25). The lowest BCUT2D eigenvalue weighted by molar-refractivity contribution is -0.129. The minimum atomic E-state index is -0.345. The Morgan fingerprint density at radius 3 is 2.69 bits per heavy atom. The molecule has 5 nitrogen and oxygen atoms in total. The van der Waals surface area contributed by atoms with Gasteiger partial charge in [-0.1, -0.05) is 35.9 Å². The fourth-order valence-electron chi connectivity index (χ4n) is 3.04. The number of rotatable bonds is 4. The Hall–Kier alpha value is -2.79. The van der Waals surface area contributed by atoms with Gasteiger partial charge in [0.05, 0.1) is 24.6 Å². The molecular weight excluding hydrogens is 352 g/mol. The molecule has 2 amide bonds. The number of amides is 2. The van der Waals surface area contributed by atoms with Crippen LogP contribution in [0.2, 0.25) is 5.02 Å². The number of methoxy groups -OCH3 is 1. The van der Waals surface area contributed by atoms with Gasteiger partial charge in [-0.3, -0.25) is 9.59 Å². The summed E-state index contributed by atoms with van der Waals surface area (Å²) in [7, 11) is 1.53. The van der Waals surface area contributed by atoms with E-state index in [-0.39, 0.29) is 24.3 Å². The summed E-state index contributed by atoms with van der Waals surface area (Å²) in [5.41, 5.74) is 2.54. The summed E-state index contributed by atoms with van der Waals surface area (Å²) >= 11 is 6.10. The zero-order chi connectivity index (χ0) is 18.7. The molecule has 0 fully saturated rings. The Balaban J connectivity index is 1.79. The van der Waals surface area contributed by atoms with Gasteiger partial charge >= 0.3 is 0 Å². The van der Waals surface area contributed by atoms with Crippen molar-refractivity contribution in [2.75, 3.05) is 12.4 Å². The van der Waals surface area contributed by atoms with Crippen LogP contribution in [0.5, 0.6) is 5.75 Å². The number of anilines is 1. The molecule has 0 saturated carbocycles. The number of halogens is 1. The van der Waals surface area contributed by atoms with Crippen LogP contribution in [0.3, 0.4) is 0 Å². The van der Waals surface area contributed by atoms with E-state index in [1.54, 1.807) is 29.3 Å². The average Bonchev–Trinajstić information content (AvgIpc) is 2.62. The number of nitrogens with one attached hydrogen (secondary N) is 1. The minimum absolute atomic E-state index is 0.110. The molecule has 2 aromatic rings. The first-order valence-electron chi connectivity index (χ1n) is 8.19. The van der Waals surface area contributed by atoms with Gasteiger partial charge in [-0.15, -0.1) is 0 Å². The predicted molar refractivity (Wildman–Crippen MR) is 102 cm³/mol. The molecule has 1 heterocycles. The van der Waals surface area contributed by atoms with Crippen molar-refractivity contribution in [3.05, 3.63) is 64.8 Å². The number of ether oxygens (including phenoxy) is 1. The molecule has 134 valence electrons. The van der Waals surface area contributed by atoms with Crippen LogP contribution in [-0.4, -0.2) is 23.8 Å². The maximum atomic E-state index is 12.6. The van der Waals surface area contributed by atoms with Crippen LogP contribution < -0.4 is 10.1 Å². The van der Waals surface area contributed by atoms with Crippen molar-refractivity contribution in [1.29, 1.82) is 0 Å². The molecule has 0 spiro atoms. The summed E-state index contributed by atoms with van der Waals surface area (Å²) in [5.74, 6) is 0.229. The van der Waals surface area contributed by atoms with Crippen LogP contribution in [0.4, 0.5) is 5.69 Å². The number of carbonyl (C=O) groups excluding carboxylic acids is 2. The number of carbonyl (C=O) groups is 2. The average molecular weight is 371 g/mol. The molecule has 0 aromatic heterocycles. The lowest BCUT2D eigenvalue weighted by atomic mass is 9.93. The molecule has 1 atom stereocenters. The maximum absolute atomic E-state index is 12.6. The zero-order valence-electron chi connectivity index (χ0n) is 14.5. The Labute approximate surface area is 157 Å². The molecule has 2 aromatic carbocycles. The van der Waals surface area contributed by atoms with E-state index in [1.165, 1.54) is 14.0 Å². The smallest absolute Gasteiger partial charge is 0.226 e. The fourth-order valence-corrected chi connectivity index (χ4v) is 3.30. The highest BCUT2D eigenvalue weighted by molar-refractivity contribution is 6.32. The van der Waals surface area contributed by atoms with E-state index in [0.717, 1.165) is 11.1 Å². The summed E-state index contributed by atoms with van der Waals surface area (Å²) < 4.78 is 5.11. The van der Waals surface area contributed by atoms with E-state index in [2.05, 4.69) is 5.32 Å². The van der Waals surface area contributed by atoms with Gasteiger partial charge in [0.1, 0.15) is 5.75 Å². The molecule has 3 rings (SSSR count). The van der Waals surface area contributed by atoms with Crippen LogP contribution in [0, 0.1) is 0 Å². The van der Waals surface area contributed by atoms with Gasteiger partial charge < -0.3 is 15.0 Å². The van der Waals surface area contributed by atoms with Crippen LogP contribution in [0.15, 0.2) is 48.7 Å². The van der Waals surface area contributed by atoms with Gasteiger partial charge in [0, 0.05) is 18.8 Å². The summed E-state index contributed by atoms with van der Waals surface area (Å²) in [6, 6.07) is 12.5. The van der Waals surface area contributed by atoms with Crippen molar-refractivity contribution in [2.45, 2.75) is 19.4 Å². The first-order chi connectivity index (χ1) is 12.5. The van der Waals surface area contributed by atoms with Gasteiger partial charge in [0.15, 0.2) is 0 Å². The van der Waals surface area contributed by atoms with Gasteiger partial charge in [-0.25, -0.2) is 0 Å². The first kappa shape index (κ1) is 18.0. The highest BCUT2D eigenvalue weighted by Gasteiger charge is 2.28. The fraction of sp³-hybridized carbons (Fsp3) is 0.200. The molecule has 26 heavy (non-hydrogen) atoms. The van der Waals surface area contributed by atoms with Crippen molar-refractivity contribution in [1.82, 2.24) is 4.90 Å². The lowest BCUT2D eigenvalue weighted by Gasteiger charge is -2.32. The van der Waals surface area contributed by atoms with Crippen LogP contribution in [0.25, 0.3) is 6.08 Å². The molecule has 1 aliphatic heterocycles. The van der Waals surface area contributed by atoms with Crippen LogP contribution in [0.1, 0.15) is 30.5 Å². The third-order valence-corrected chi connectivity index (χ3v) is 4.58. The second-order valence-electron chi connectivity index (χ2n) is 5.99. The Morgan fingerprint density at radius 1 is 1.23 bits per heavy atom. The zero-order valence-corrected chi connectivity index (χ0v) is 15.3. The van der Waals surface area contributed by atoms with E-state index in [4.69, 9.17) is 16.3 Å². The third-order valence-electron chi connectivity index (χ3n) is 4.28. The molecule has 0 aliphatic carbocycles. The van der Waals surface area contributed by atoms with Gasteiger partial charge in [-0.2, -0.15) is 0 Å². The van der Waals surface area contributed by atoms with Crippen molar-refractivity contribution in [3.63, 3.8) is 0 Å². The predicted octanol–water partition coefficient (Wildman–Crippen LogP) is 4.25. The van der Waals surface area contributed by atoms with E-state index >= 15 is 0 Å². The number of hydrogen-bond acceptors (Lipinski definition) is 3. The van der Waals surface area contributed by atoms with Gasteiger partial charge in [0.25, 0.3) is 0 Å². The van der Waals surface area contributed by atoms with Crippen molar-refractivity contribution >= 4 is 35.2 Å². The second-order valence-corrected chi connectivity index (χ2v) is 6.40. The SMILES string of the molecule is COc1ccc(NC(=O)CC2c3ccccc3C=CN2C(C)=O)cc1Cl. The van der Waals surface area contributed by atoms with Gasteiger partial charge in [-0.05, 0) is 35.4 Å². The summed E-state index contributed by atoms with van der Waals surface area (Å²) in [4.78, 5) is 26.1. The number of hydrogen-bond donors (Lipinski definition) is 1. The quantitative estimate of drug-likeness (QED) is 0.875. The molecule has 0 radical (unpaired) electrons. The molecule has 1 unspecified atom stereocenters. The largest absolute Gasteiger partial charge is 0.495 e. The molecule has 1 aliphatic rings. The van der Waals surface area contributed by atoms with Gasteiger partial charge in [0.2, 0.25) is 11.8 Å². The number of nitrogens with zero attached hydrogens (tertiary/aromatic N) is 1. The monoisotopic (exact) mass is 370 g/mol. The number of benzene rings is 2. The van der Waals surface area contributed by atoms with Crippen LogP contribution >= 0.6 is 11.6 Å². The van der Waals surface area contributed by atoms with Crippen molar-refractivity contribution in [2.24, 2.45) is 0 Å². The summed E-state index contributed by atoms with van der Waals surface area (Å²) in [6.07, 6.45) is 3.76. The van der Waals surface area contributed by atoms with Crippen molar-refractivity contribution in [3.8, 4) is 5.75 Å². The van der Waals surface area contributed by atoms with E-state index in [9.17, 15) is 9.59 Å². The molecule has 0 saturated heterocycles. The normalized spacial score (nSPS) is 15.3. The topological polar surface area (TPSA) is 58.6 Å². The second kappa shape index (κ2) is 7.62. The Morgan fingerprint density at radius 2 is 2.00 bits per heavy atom.